The molecule has 1 aromatic heterocycles. The van der Waals surface area contributed by atoms with Gasteiger partial charge in [-0.1, -0.05) is 23.9 Å². The summed E-state index contributed by atoms with van der Waals surface area (Å²) in [7, 11) is 0. The number of nitrogen functional groups attached to an aromatic ring is 1. The van der Waals surface area contributed by atoms with Crippen molar-refractivity contribution in [1.82, 2.24) is 20.2 Å². The maximum Gasteiger partial charge on any atom is 0.209 e. The summed E-state index contributed by atoms with van der Waals surface area (Å²) in [6, 6.07) is 6.54. The third-order valence-electron chi connectivity index (χ3n) is 3.20. The Hall–Kier alpha value is -1.56. The summed E-state index contributed by atoms with van der Waals surface area (Å²) in [6.07, 6.45) is 2.38. The first kappa shape index (κ1) is 11.5. The molecule has 94 valence electrons. The number of hydrogen-bond acceptors (Lipinski definition) is 5. The summed E-state index contributed by atoms with van der Waals surface area (Å²) in [5, 5.41) is 12.8. The SMILES string of the molecule is Cc1c(N)cccc1CSc1nnnn1C1CC1. The predicted molar refractivity (Wildman–Crippen MR) is 71.2 cm³/mol. The molecule has 1 aliphatic carbocycles. The molecule has 2 aromatic rings. The van der Waals surface area contributed by atoms with Crippen LogP contribution >= 0.6 is 11.8 Å². The third kappa shape index (κ3) is 2.20. The van der Waals surface area contributed by atoms with Gasteiger partial charge in [-0.25, -0.2) is 4.68 Å². The van der Waals surface area contributed by atoms with E-state index in [4.69, 9.17) is 5.73 Å². The van der Waals surface area contributed by atoms with Crippen LogP contribution in [0.25, 0.3) is 0 Å². The molecule has 0 bridgehead atoms. The summed E-state index contributed by atoms with van der Waals surface area (Å²) in [5.74, 6) is 0.851. The number of anilines is 1. The first-order chi connectivity index (χ1) is 8.75. The van der Waals surface area contributed by atoms with Crippen LogP contribution in [0.2, 0.25) is 0 Å². The zero-order chi connectivity index (χ0) is 12.5. The Bertz CT molecular complexity index is 561. The van der Waals surface area contributed by atoms with Gasteiger partial charge in [0, 0.05) is 11.4 Å². The molecular weight excluding hydrogens is 246 g/mol. The van der Waals surface area contributed by atoms with Gasteiger partial charge in [-0.15, -0.1) is 5.10 Å². The van der Waals surface area contributed by atoms with Crippen LogP contribution in [0.5, 0.6) is 0 Å². The molecule has 1 saturated carbocycles. The number of aromatic nitrogens is 4. The molecule has 0 amide bonds. The lowest BCUT2D eigenvalue weighted by molar-refractivity contribution is 0.565. The minimum absolute atomic E-state index is 0.518. The van der Waals surface area contributed by atoms with Crippen LogP contribution in [-0.2, 0) is 5.75 Å². The van der Waals surface area contributed by atoms with Crippen molar-refractivity contribution >= 4 is 17.4 Å². The van der Waals surface area contributed by atoms with E-state index in [0.717, 1.165) is 22.2 Å². The van der Waals surface area contributed by atoms with Gasteiger partial charge in [0.05, 0.1) is 6.04 Å². The maximum atomic E-state index is 5.90. The number of nitrogens with zero attached hydrogens (tertiary/aromatic N) is 4. The van der Waals surface area contributed by atoms with Crippen LogP contribution < -0.4 is 5.73 Å². The number of benzene rings is 1. The van der Waals surface area contributed by atoms with Crippen molar-refractivity contribution in [3.8, 4) is 0 Å². The second kappa shape index (κ2) is 4.61. The van der Waals surface area contributed by atoms with Gasteiger partial charge < -0.3 is 5.73 Å². The minimum Gasteiger partial charge on any atom is -0.399 e. The highest BCUT2D eigenvalue weighted by molar-refractivity contribution is 7.98. The fourth-order valence-electron chi connectivity index (χ4n) is 1.83. The second-order valence-corrected chi connectivity index (χ2v) is 5.50. The molecule has 1 fully saturated rings. The summed E-state index contributed by atoms with van der Waals surface area (Å²) in [6.45, 7) is 2.05. The Morgan fingerprint density at radius 1 is 1.44 bits per heavy atom. The molecule has 2 N–H and O–H groups in total. The van der Waals surface area contributed by atoms with Crippen molar-refractivity contribution in [2.75, 3.05) is 5.73 Å². The van der Waals surface area contributed by atoms with Crippen molar-refractivity contribution in [1.29, 1.82) is 0 Å². The lowest BCUT2D eigenvalue weighted by Gasteiger charge is -2.07. The van der Waals surface area contributed by atoms with E-state index in [1.54, 1.807) is 11.8 Å². The molecule has 1 aliphatic rings. The first-order valence-corrected chi connectivity index (χ1v) is 6.99. The fourth-order valence-corrected chi connectivity index (χ4v) is 2.84. The van der Waals surface area contributed by atoms with Gasteiger partial charge in [0.1, 0.15) is 0 Å². The number of rotatable bonds is 4. The molecule has 5 nitrogen and oxygen atoms in total. The largest absolute Gasteiger partial charge is 0.399 e. The fraction of sp³-hybridized carbons (Fsp3) is 0.417. The molecular formula is C12H15N5S. The number of thioether (sulfide) groups is 1. The van der Waals surface area contributed by atoms with Crippen LogP contribution in [0.4, 0.5) is 5.69 Å². The Labute approximate surface area is 110 Å². The van der Waals surface area contributed by atoms with E-state index < -0.39 is 0 Å². The lowest BCUT2D eigenvalue weighted by Crippen LogP contribution is -1.99. The topological polar surface area (TPSA) is 69.6 Å². The van der Waals surface area contributed by atoms with E-state index in [0.29, 0.717) is 6.04 Å². The highest BCUT2D eigenvalue weighted by atomic mass is 32.2. The molecule has 18 heavy (non-hydrogen) atoms. The van der Waals surface area contributed by atoms with Gasteiger partial charge in [-0.2, -0.15) is 0 Å². The molecule has 1 heterocycles. The maximum absolute atomic E-state index is 5.90. The lowest BCUT2D eigenvalue weighted by atomic mass is 10.1. The quantitative estimate of drug-likeness (QED) is 0.675. The van der Waals surface area contributed by atoms with Crippen molar-refractivity contribution in [2.24, 2.45) is 0 Å². The van der Waals surface area contributed by atoms with E-state index in [9.17, 15) is 0 Å². The van der Waals surface area contributed by atoms with Crippen LogP contribution in [0.1, 0.15) is 30.0 Å². The standard InChI is InChI=1S/C12H15N5S/c1-8-9(3-2-4-11(8)13)7-18-12-14-15-16-17(12)10-5-6-10/h2-4,10H,5-7,13H2,1H3. The second-order valence-electron chi connectivity index (χ2n) is 4.56. The molecule has 0 unspecified atom stereocenters. The molecule has 0 radical (unpaired) electrons. The Morgan fingerprint density at radius 3 is 3.06 bits per heavy atom. The molecule has 1 aromatic carbocycles. The van der Waals surface area contributed by atoms with Crippen LogP contribution in [0, 0.1) is 6.92 Å². The zero-order valence-corrected chi connectivity index (χ0v) is 11.0. The zero-order valence-electron chi connectivity index (χ0n) is 10.2. The molecule has 0 aliphatic heterocycles. The van der Waals surface area contributed by atoms with Crippen molar-refractivity contribution in [3.05, 3.63) is 29.3 Å². The molecule has 3 rings (SSSR count). The van der Waals surface area contributed by atoms with E-state index in [2.05, 4.69) is 28.5 Å². The monoisotopic (exact) mass is 261 g/mol. The van der Waals surface area contributed by atoms with Gasteiger partial charge in [0.2, 0.25) is 5.16 Å². The summed E-state index contributed by atoms with van der Waals surface area (Å²) in [5.41, 5.74) is 9.14. The minimum atomic E-state index is 0.518. The van der Waals surface area contributed by atoms with E-state index >= 15 is 0 Å². The Kier molecular flexibility index (Phi) is 2.95. The number of hydrogen-bond donors (Lipinski definition) is 1. The third-order valence-corrected chi connectivity index (χ3v) is 4.18. The van der Waals surface area contributed by atoms with Gasteiger partial charge in [-0.3, -0.25) is 0 Å². The van der Waals surface area contributed by atoms with Gasteiger partial charge in [0.25, 0.3) is 0 Å². The van der Waals surface area contributed by atoms with Crippen molar-refractivity contribution in [2.45, 2.75) is 36.7 Å². The van der Waals surface area contributed by atoms with Gasteiger partial charge >= 0.3 is 0 Å². The normalized spacial score (nSPS) is 14.9. The van der Waals surface area contributed by atoms with Crippen molar-refractivity contribution in [3.63, 3.8) is 0 Å². The van der Waals surface area contributed by atoms with E-state index in [1.807, 2.05) is 16.8 Å². The molecule has 0 atom stereocenters. The Morgan fingerprint density at radius 2 is 2.28 bits per heavy atom. The summed E-state index contributed by atoms with van der Waals surface area (Å²) >= 11 is 1.67. The number of nitrogens with two attached hydrogens (primary N) is 1. The van der Waals surface area contributed by atoms with Gasteiger partial charge in [-0.05, 0) is 47.4 Å². The number of tetrazole rings is 1. The predicted octanol–water partition coefficient (Wildman–Crippen LogP) is 2.19. The van der Waals surface area contributed by atoms with Crippen LogP contribution in [-0.4, -0.2) is 20.2 Å². The van der Waals surface area contributed by atoms with Gasteiger partial charge in [0.15, 0.2) is 0 Å². The molecule has 0 spiro atoms. The van der Waals surface area contributed by atoms with E-state index in [-0.39, 0.29) is 0 Å². The summed E-state index contributed by atoms with van der Waals surface area (Å²) in [4.78, 5) is 0. The van der Waals surface area contributed by atoms with Crippen LogP contribution in [0.3, 0.4) is 0 Å². The average Bonchev–Trinajstić information content (AvgIpc) is 3.11. The average molecular weight is 261 g/mol. The van der Waals surface area contributed by atoms with Crippen molar-refractivity contribution < 1.29 is 0 Å². The first-order valence-electron chi connectivity index (χ1n) is 6.00. The summed E-state index contributed by atoms with van der Waals surface area (Å²) < 4.78 is 1.94. The molecule has 0 saturated heterocycles. The molecule has 6 heteroatoms. The van der Waals surface area contributed by atoms with E-state index in [1.165, 1.54) is 18.4 Å². The highest BCUT2D eigenvalue weighted by Crippen LogP contribution is 2.37. The smallest absolute Gasteiger partial charge is 0.209 e. The highest BCUT2D eigenvalue weighted by Gasteiger charge is 2.27. The Balaban J connectivity index is 1.74. The van der Waals surface area contributed by atoms with Crippen LogP contribution in [0.15, 0.2) is 23.4 Å².